The molecular formula is C27H24FN5O2. The number of carbonyl (C=O) groups is 1. The lowest BCUT2D eigenvalue weighted by Crippen LogP contribution is -2.27. The molecule has 35 heavy (non-hydrogen) atoms. The second-order valence-corrected chi connectivity index (χ2v) is 8.60. The summed E-state index contributed by atoms with van der Waals surface area (Å²) in [5, 5.41) is 13.8. The van der Waals surface area contributed by atoms with Crippen LogP contribution in [0.5, 0.6) is 0 Å². The van der Waals surface area contributed by atoms with Crippen molar-refractivity contribution in [3.05, 3.63) is 107 Å². The van der Waals surface area contributed by atoms with Gasteiger partial charge in [-0.2, -0.15) is 5.10 Å². The van der Waals surface area contributed by atoms with Crippen molar-refractivity contribution in [2.24, 2.45) is 5.16 Å². The quantitative estimate of drug-likeness (QED) is 0.402. The van der Waals surface area contributed by atoms with E-state index in [2.05, 4.69) is 25.7 Å². The minimum absolute atomic E-state index is 0.213. The Morgan fingerprint density at radius 1 is 1.11 bits per heavy atom. The molecule has 1 aliphatic rings. The van der Waals surface area contributed by atoms with E-state index >= 15 is 0 Å². The predicted molar refractivity (Wildman–Crippen MR) is 130 cm³/mol. The third kappa shape index (κ3) is 4.82. The summed E-state index contributed by atoms with van der Waals surface area (Å²) in [4.78, 5) is 23.0. The molecule has 2 heterocycles. The number of halogens is 1. The summed E-state index contributed by atoms with van der Waals surface area (Å²) in [6.07, 6.45) is 1.72. The molecule has 1 aromatic heterocycles. The fourth-order valence-corrected chi connectivity index (χ4v) is 4.10. The molecule has 4 aromatic rings. The minimum atomic E-state index is -0.386. The summed E-state index contributed by atoms with van der Waals surface area (Å²) in [6.45, 7) is 3.64. The maximum Gasteiger partial charge on any atom is 0.251 e. The average molecular weight is 470 g/mol. The van der Waals surface area contributed by atoms with Gasteiger partial charge in [-0.1, -0.05) is 47.6 Å². The molecule has 0 spiro atoms. The van der Waals surface area contributed by atoms with Gasteiger partial charge in [-0.25, -0.2) is 9.37 Å². The number of oxime groups is 1. The number of H-pyrrole nitrogens is 1. The lowest BCUT2D eigenvalue weighted by molar-refractivity contribution is 0.0857. The van der Waals surface area contributed by atoms with Crippen LogP contribution < -0.4 is 5.32 Å². The third-order valence-electron chi connectivity index (χ3n) is 6.00. The fraction of sp³-hybridized carbons (Fsp3) is 0.185. The molecule has 1 amide bonds. The third-order valence-corrected chi connectivity index (χ3v) is 6.00. The average Bonchev–Trinajstić information content (AvgIpc) is 3.57. The summed E-state index contributed by atoms with van der Waals surface area (Å²) in [5.74, 6) is -0.127. The van der Waals surface area contributed by atoms with Crippen LogP contribution in [0.15, 0.2) is 78.2 Å². The van der Waals surface area contributed by atoms with Crippen LogP contribution >= 0.6 is 0 Å². The van der Waals surface area contributed by atoms with Gasteiger partial charge in [0.25, 0.3) is 5.91 Å². The van der Waals surface area contributed by atoms with E-state index in [1.54, 1.807) is 18.2 Å². The number of benzene rings is 3. The van der Waals surface area contributed by atoms with E-state index in [1.807, 2.05) is 56.3 Å². The SMILES string of the molecule is Cc1ccc(-c2cc(C(=O)N[C@H](C)c3ncn[nH]3)cc(C3=NOC(c4ccccc4)C3)c2)c(F)c1. The zero-order valence-electron chi connectivity index (χ0n) is 19.3. The van der Waals surface area contributed by atoms with Gasteiger partial charge in [0.1, 0.15) is 18.0 Å². The van der Waals surface area contributed by atoms with Crippen LogP contribution in [0.2, 0.25) is 0 Å². The molecule has 0 saturated heterocycles. The van der Waals surface area contributed by atoms with Crippen LogP contribution in [-0.2, 0) is 4.84 Å². The minimum Gasteiger partial charge on any atom is -0.387 e. The van der Waals surface area contributed by atoms with Gasteiger partial charge in [0.05, 0.1) is 11.8 Å². The normalized spacial score (nSPS) is 15.9. The number of hydrogen-bond acceptors (Lipinski definition) is 5. The lowest BCUT2D eigenvalue weighted by Gasteiger charge is -2.14. The Labute approximate surface area is 202 Å². The van der Waals surface area contributed by atoms with Crippen molar-refractivity contribution in [3.63, 3.8) is 0 Å². The number of aromatic nitrogens is 3. The first kappa shape index (κ1) is 22.5. The van der Waals surface area contributed by atoms with Crippen LogP contribution in [0, 0.1) is 12.7 Å². The highest BCUT2D eigenvalue weighted by molar-refractivity contribution is 6.05. The van der Waals surface area contributed by atoms with E-state index in [9.17, 15) is 9.18 Å². The van der Waals surface area contributed by atoms with E-state index in [1.165, 1.54) is 12.4 Å². The molecule has 0 fully saturated rings. The number of aromatic amines is 1. The Bertz CT molecular complexity index is 1390. The van der Waals surface area contributed by atoms with Crippen LogP contribution in [0.25, 0.3) is 11.1 Å². The molecule has 176 valence electrons. The van der Waals surface area contributed by atoms with Crippen molar-refractivity contribution in [2.45, 2.75) is 32.4 Å². The first-order valence-electron chi connectivity index (χ1n) is 11.3. The van der Waals surface area contributed by atoms with E-state index < -0.39 is 0 Å². The Morgan fingerprint density at radius 3 is 2.66 bits per heavy atom. The van der Waals surface area contributed by atoms with E-state index in [0.717, 1.165) is 11.1 Å². The highest BCUT2D eigenvalue weighted by Crippen LogP contribution is 2.32. The Balaban J connectivity index is 1.49. The largest absolute Gasteiger partial charge is 0.387 e. The van der Waals surface area contributed by atoms with Gasteiger partial charge in [-0.15, -0.1) is 0 Å². The topological polar surface area (TPSA) is 92.3 Å². The molecular weight excluding hydrogens is 445 g/mol. The van der Waals surface area contributed by atoms with E-state index in [0.29, 0.717) is 40.2 Å². The van der Waals surface area contributed by atoms with Crippen LogP contribution in [0.1, 0.15) is 58.4 Å². The molecule has 1 unspecified atom stereocenters. The summed E-state index contributed by atoms with van der Waals surface area (Å²) in [5.41, 5.74) is 4.63. The van der Waals surface area contributed by atoms with Crippen molar-refractivity contribution in [3.8, 4) is 11.1 Å². The van der Waals surface area contributed by atoms with Crippen molar-refractivity contribution in [1.29, 1.82) is 0 Å². The molecule has 7 nitrogen and oxygen atoms in total. The van der Waals surface area contributed by atoms with Gasteiger partial charge >= 0.3 is 0 Å². The van der Waals surface area contributed by atoms with Gasteiger partial charge in [-0.05, 0) is 54.8 Å². The highest BCUT2D eigenvalue weighted by Gasteiger charge is 2.25. The number of nitrogens with zero attached hydrogens (tertiary/aromatic N) is 3. The van der Waals surface area contributed by atoms with E-state index in [4.69, 9.17) is 4.84 Å². The first-order chi connectivity index (χ1) is 17.0. The van der Waals surface area contributed by atoms with Crippen molar-refractivity contribution >= 4 is 11.6 Å². The maximum atomic E-state index is 14.9. The zero-order valence-corrected chi connectivity index (χ0v) is 19.3. The number of amides is 1. The van der Waals surface area contributed by atoms with Crippen LogP contribution in [0.3, 0.4) is 0 Å². The Kier molecular flexibility index (Phi) is 6.10. The summed E-state index contributed by atoms with van der Waals surface area (Å²) >= 11 is 0. The van der Waals surface area contributed by atoms with Crippen LogP contribution in [0.4, 0.5) is 4.39 Å². The number of rotatable bonds is 6. The molecule has 8 heteroatoms. The van der Waals surface area contributed by atoms with Gasteiger partial charge in [0, 0.05) is 23.1 Å². The second kappa shape index (κ2) is 9.50. The highest BCUT2D eigenvalue weighted by atomic mass is 19.1. The van der Waals surface area contributed by atoms with Crippen molar-refractivity contribution in [2.75, 3.05) is 0 Å². The standard InChI is InChI=1S/C27H24FN5O2/c1-16-8-9-22(23(28)10-16)19-11-20(24-14-25(35-33-24)18-6-4-3-5-7-18)13-21(12-19)27(34)31-17(2)26-29-15-30-32-26/h3-13,15,17,25H,14H2,1-2H3,(H,31,34)(H,29,30,32)/t17-,25?/m1/s1. The molecule has 1 aliphatic heterocycles. The van der Waals surface area contributed by atoms with Crippen molar-refractivity contribution < 1.29 is 14.0 Å². The fourth-order valence-electron chi connectivity index (χ4n) is 4.10. The van der Waals surface area contributed by atoms with Gasteiger partial charge < -0.3 is 10.2 Å². The smallest absolute Gasteiger partial charge is 0.251 e. The molecule has 2 N–H and O–H groups in total. The van der Waals surface area contributed by atoms with E-state index in [-0.39, 0.29) is 23.9 Å². The zero-order chi connectivity index (χ0) is 24.4. The van der Waals surface area contributed by atoms with Gasteiger partial charge in [0.15, 0.2) is 6.10 Å². The molecule has 2 atom stereocenters. The Morgan fingerprint density at radius 2 is 1.91 bits per heavy atom. The molecule has 3 aromatic carbocycles. The van der Waals surface area contributed by atoms with Gasteiger partial charge in [0.2, 0.25) is 0 Å². The lowest BCUT2D eigenvalue weighted by atomic mass is 9.94. The molecule has 5 rings (SSSR count). The number of carbonyl (C=O) groups excluding carboxylic acids is 1. The Hall–Kier alpha value is -4.33. The number of nitrogens with one attached hydrogen (secondary N) is 2. The monoisotopic (exact) mass is 469 g/mol. The second-order valence-electron chi connectivity index (χ2n) is 8.60. The molecule has 0 aliphatic carbocycles. The summed E-state index contributed by atoms with van der Waals surface area (Å²) in [6, 6.07) is 19.8. The van der Waals surface area contributed by atoms with Crippen molar-refractivity contribution in [1.82, 2.24) is 20.5 Å². The molecule has 0 radical (unpaired) electrons. The van der Waals surface area contributed by atoms with Gasteiger partial charge in [-0.3, -0.25) is 9.89 Å². The molecule has 0 bridgehead atoms. The predicted octanol–water partition coefficient (Wildman–Crippen LogP) is 5.28. The summed E-state index contributed by atoms with van der Waals surface area (Å²) < 4.78 is 14.9. The first-order valence-corrected chi connectivity index (χ1v) is 11.3. The maximum absolute atomic E-state index is 14.9. The summed E-state index contributed by atoms with van der Waals surface area (Å²) in [7, 11) is 0. The number of hydrogen-bond donors (Lipinski definition) is 2. The number of aryl methyl sites for hydroxylation is 1. The van der Waals surface area contributed by atoms with Crippen LogP contribution in [-0.4, -0.2) is 26.8 Å². The molecule has 0 saturated carbocycles.